The van der Waals surface area contributed by atoms with Gasteiger partial charge in [0.05, 0.1) is 52.3 Å². The molecule has 0 unspecified atom stereocenters. The Morgan fingerprint density at radius 2 is 0.825 bits per heavy atom. The summed E-state index contributed by atoms with van der Waals surface area (Å²) in [7, 11) is 1.31. The number of pyridine rings is 2. The zero-order chi connectivity index (χ0) is 44.6. The van der Waals surface area contributed by atoms with Crippen LogP contribution in [0.25, 0.3) is 21.8 Å². The van der Waals surface area contributed by atoms with Crippen LogP contribution in [-0.2, 0) is 4.74 Å². The number of aromatic carboxylic acids is 1. The normalized spacial score (nSPS) is 10.6. The number of benzene rings is 6. The van der Waals surface area contributed by atoms with Gasteiger partial charge in [-0.15, -0.1) is 0 Å². The zero-order valence-electron chi connectivity index (χ0n) is 35.3. The lowest BCUT2D eigenvalue weighted by molar-refractivity contribution is 0.0593. The van der Waals surface area contributed by atoms with E-state index in [1.54, 1.807) is 15.9 Å². The van der Waals surface area contributed by atoms with E-state index in [4.69, 9.17) is 4.74 Å². The zero-order valence-corrected chi connectivity index (χ0v) is 35.3. The molecule has 2 heterocycles. The van der Waals surface area contributed by atoms with Gasteiger partial charge in [-0.3, -0.25) is 9.80 Å². The number of carboxylic acid groups (broad SMARTS) is 1. The molecule has 0 aliphatic carbocycles. The highest BCUT2D eigenvalue weighted by atomic mass is 16.5. The van der Waals surface area contributed by atoms with Gasteiger partial charge in [0.15, 0.2) is 11.4 Å². The molecule has 0 aliphatic heterocycles. The van der Waals surface area contributed by atoms with Crippen molar-refractivity contribution in [2.75, 3.05) is 27.5 Å². The highest BCUT2D eigenvalue weighted by Gasteiger charge is 2.23. The molecule has 0 aliphatic rings. The van der Waals surface area contributed by atoms with Crippen molar-refractivity contribution >= 4 is 79.9 Å². The molecule has 0 atom stereocenters. The van der Waals surface area contributed by atoms with Crippen LogP contribution in [0.15, 0.2) is 158 Å². The van der Waals surface area contributed by atoms with Crippen LogP contribution in [0, 0.1) is 27.7 Å². The Hall–Kier alpha value is -8.38. The molecule has 12 heteroatoms. The number of urea groups is 2. The van der Waals surface area contributed by atoms with E-state index in [1.807, 2.05) is 173 Å². The van der Waals surface area contributed by atoms with Gasteiger partial charge >= 0.3 is 24.0 Å². The SMILES string of the molecule is COC(=O)c1cc(NC(=O)N(c2ccccc2)c2ccccc2)c2c(C)cc(C)cc2n1.Cc1cc(C)c2c(NC(=O)N(c3ccccc3)c3ccccc3)cc(C(=O)O)nc2c1. The van der Waals surface area contributed by atoms with E-state index in [2.05, 4.69) is 20.6 Å². The average Bonchev–Trinajstić information content (AvgIpc) is 3.27. The van der Waals surface area contributed by atoms with Gasteiger partial charge in [0.25, 0.3) is 0 Å². The standard InChI is InChI=1S/C26H23N3O3.C25H21N3O3/c1-17-14-18(2)24-21(15-17)27-23(25(30)32-3)16-22(24)28-26(31)29(19-10-6-4-7-11-19)20-12-8-5-9-13-20;1-16-13-17(2)23-20(14-16)26-22(24(29)30)15-21(23)27-25(31)28(18-9-5-3-6-10-18)19-11-7-4-8-12-19/h4-16H,1-3H3,(H,27,28,31);3-15H,1-2H3,(H,29,30)(H,26,27,31). The Labute approximate surface area is 364 Å². The highest BCUT2D eigenvalue weighted by Crippen LogP contribution is 2.33. The number of hydrogen-bond acceptors (Lipinski definition) is 7. The third kappa shape index (κ3) is 9.66. The number of ether oxygens (including phenoxy) is 1. The largest absolute Gasteiger partial charge is 0.477 e. The number of fused-ring (bicyclic) bond motifs is 2. The maximum absolute atomic E-state index is 13.6. The van der Waals surface area contributed by atoms with Crippen LogP contribution in [0.5, 0.6) is 0 Å². The van der Waals surface area contributed by atoms with Gasteiger partial charge in [0, 0.05) is 10.8 Å². The third-order valence-electron chi connectivity index (χ3n) is 10.1. The number of para-hydroxylation sites is 4. The summed E-state index contributed by atoms with van der Waals surface area (Å²) in [5.41, 5.74) is 8.69. The predicted molar refractivity (Wildman–Crippen MR) is 249 cm³/mol. The lowest BCUT2D eigenvalue weighted by Gasteiger charge is -2.24. The predicted octanol–water partition coefficient (Wildman–Crippen LogP) is 11.9. The molecule has 0 fully saturated rings. The summed E-state index contributed by atoms with van der Waals surface area (Å²) in [6.45, 7) is 7.76. The molecule has 8 aromatic rings. The summed E-state index contributed by atoms with van der Waals surface area (Å²) in [4.78, 5) is 62.8. The number of rotatable bonds is 8. The first-order valence-electron chi connectivity index (χ1n) is 20.0. The Morgan fingerprint density at radius 1 is 0.492 bits per heavy atom. The topological polar surface area (TPSA) is 154 Å². The third-order valence-corrected chi connectivity index (χ3v) is 10.1. The highest BCUT2D eigenvalue weighted by molar-refractivity contribution is 6.13. The van der Waals surface area contributed by atoms with Crippen LogP contribution in [-0.4, -0.2) is 46.2 Å². The Kier molecular flexibility index (Phi) is 12.8. The van der Waals surface area contributed by atoms with Crippen LogP contribution in [0.3, 0.4) is 0 Å². The van der Waals surface area contributed by atoms with E-state index in [1.165, 1.54) is 13.2 Å². The summed E-state index contributed by atoms with van der Waals surface area (Å²) in [6.07, 6.45) is 0. The van der Waals surface area contributed by atoms with E-state index in [0.29, 0.717) is 39.2 Å². The number of nitrogens with zero attached hydrogens (tertiary/aromatic N) is 4. The van der Waals surface area contributed by atoms with Gasteiger partial charge in [0.2, 0.25) is 0 Å². The van der Waals surface area contributed by atoms with Crippen LogP contribution in [0.1, 0.15) is 43.2 Å². The molecular weight excluding hydrogens is 793 g/mol. The quantitative estimate of drug-likeness (QED) is 0.128. The number of aryl methyl sites for hydroxylation is 4. The number of esters is 1. The Bertz CT molecular complexity index is 2890. The summed E-state index contributed by atoms with van der Waals surface area (Å²) < 4.78 is 4.87. The molecule has 0 spiro atoms. The first-order valence-corrected chi connectivity index (χ1v) is 20.0. The van der Waals surface area contributed by atoms with Gasteiger partial charge in [0.1, 0.15) is 0 Å². The fourth-order valence-corrected chi connectivity index (χ4v) is 7.44. The van der Waals surface area contributed by atoms with Crippen molar-refractivity contribution in [1.29, 1.82) is 0 Å². The lowest BCUT2D eigenvalue weighted by Crippen LogP contribution is -2.31. The number of methoxy groups -OCH3 is 1. The fourth-order valence-electron chi connectivity index (χ4n) is 7.44. The van der Waals surface area contributed by atoms with E-state index >= 15 is 0 Å². The van der Waals surface area contributed by atoms with Gasteiger partial charge in [-0.05, 0) is 123 Å². The van der Waals surface area contributed by atoms with Crippen LogP contribution < -0.4 is 20.4 Å². The summed E-state index contributed by atoms with van der Waals surface area (Å²) >= 11 is 0. The molecule has 314 valence electrons. The van der Waals surface area contributed by atoms with Crippen LogP contribution in [0.2, 0.25) is 0 Å². The van der Waals surface area contributed by atoms with Crippen molar-refractivity contribution in [3.8, 4) is 0 Å². The molecular formula is C51H44N6O6. The number of carboxylic acids is 1. The molecule has 0 saturated carbocycles. The maximum Gasteiger partial charge on any atom is 0.356 e. The summed E-state index contributed by atoms with van der Waals surface area (Å²) in [5.74, 6) is -1.72. The molecule has 0 bridgehead atoms. The molecule has 0 radical (unpaired) electrons. The van der Waals surface area contributed by atoms with Gasteiger partial charge in [-0.25, -0.2) is 29.1 Å². The second-order valence-corrected chi connectivity index (χ2v) is 14.7. The van der Waals surface area contributed by atoms with E-state index in [0.717, 1.165) is 39.0 Å². The van der Waals surface area contributed by atoms with Crippen molar-refractivity contribution in [2.24, 2.45) is 0 Å². The number of amides is 4. The van der Waals surface area contributed by atoms with Gasteiger partial charge in [-0.1, -0.05) is 84.9 Å². The molecule has 8 rings (SSSR count). The summed E-state index contributed by atoms with van der Waals surface area (Å²) in [5, 5.41) is 16.9. The van der Waals surface area contributed by atoms with Gasteiger partial charge in [-0.2, -0.15) is 0 Å². The van der Waals surface area contributed by atoms with E-state index < -0.39 is 18.0 Å². The first-order chi connectivity index (χ1) is 30.4. The van der Waals surface area contributed by atoms with Crippen molar-refractivity contribution in [3.05, 3.63) is 191 Å². The summed E-state index contributed by atoms with van der Waals surface area (Å²) in [6, 6.07) is 47.2. The number of nitrogens with one attached hydrogen (secondary N) is 2. The van der Waals surface area contributed by atoms with E-state index in [-0.39, 0.29) is 17.4 Å². The molecule has 0 saturated heterocycles. The second kappa shape index (κ2) is 18.9. The second-order valence-electron chi connectivity index (χ2n) is 14.7. The molecule has 63 heavy (non-hydrogen) atoms. The average molecular weight is 837 g/mol. The van der Waals surface area contributed by atoms with Crippen LogP contribution in [0.4, 0.5) is 43.7 Å². The Morgan fingerprint density at radius 3 is 1.16 bits per heavy atom. The maximum atomic E-state index is 13.6. The monoisotopic (exact) mass is 836 g/mol. The smallest absolute Gasteiger partial charge is 0.356 e. The molecule has 12 nitrogen and oxygen atoms in total. The molecule has 6 aromatic carbocycles. The van der Waals surface area contributed by atoms with Gasteiger partial charge < -0.3 is 20.5 Å². The minimum Gasteiger partial charge on any atom is -0.477 e. The number of carbonyl (C=O) groups is 4. The lowest BCUT2D eigenvalue weighted by atomic mass is 10.0. The minimum absolute atomic E-state index is 0.126. The number of hydrogen-bond donors (Lipinski definition) is 3. The van der Waals surface area contributed by atoms with Crippen molar-refractivity contribution in [2.45, 2.75) is 27.7 Å². The van der Waals surface area contributed by atoms with Crippen molar-refractivity contribution in [3.63, 3.8) is 0 Å². The Balaban J connectivity index is 0.000000189. The number of anilines is 6. The van der Waals surface area contributed by atoms with Crippen LogP contribution >= 0.6 is 0 Å². The first kappa shape index (κ1) is 42.7. The fraction of sp³-hybridized carbons (Fsp3) is 0.0980. The molecule has 4 amide bonds. The van der Waals surface area contributed by atoms with E-state index in [9.17, 15) is 24.3 Å². The molecule has 3 N–H and O–H groups in total. The minimum atomic E-state index is -1.15. The van der Waals surface area contributed by atoms with Crippen molar-refractivity contribution < 1.29 is 29.0 Å². The number of carbonyl (C=O) groups excluding carboxylic acids is 3. The van der Waals surface area contributed by atoms with Crippen molar-refractivity contribution in [1.82, 2.24) is 9.97 Å². The number of aromatic nitrogens is 2. The molecule has 2 aromatic heterocycles.